The Labute approximate surface area is 199 Å². The minimum atomic E-state index is -0.122. The van der Waals surface area contributed by atoms with Crippen molar-refractivity contribution in [3.05, 3.63) is 52.7 Å². The number of hydrogen-bond donors (Lipinski definition) is 1. The van der Waals surface area contributed by atoms with Crippen LogP contribution in [0.2, 0.25) is 0 Å². The molecule has 1 aromatic heterocycles. The number of piperidine rings is 1. The molecule has 0 spiro atoms. The lowest BCUT2D eigenvalue weighted by molar-refractivity contribution is 0.0816. The Bertz CT molecular complexity index is 1150. The molecule has 7 heteroatoms. The predicted molar refractivity (Wildman–Crippen MR) is 132 cm³/mol. The molecular formula is C27H33NO6. The molecule has 0 radical (unpaired) electrons. The third-order valence-electron chi connectivity index (χ3n) is 6.31. The van der Waals surface area contributed by atoms with Crippen LogP contribution < -0.4 is 19.6 Å². The molecule has 1 aliphatic heterocycles. The third kappa shape index (κ3) is 5.90. The number of fused-ring (bicyclic) bond motifs is 1. The number of benzene rings is 2. The van der Waals surface area contributed by atoms with Gasteiger partial charge in [0.05, 0.1) is 32.3 Å². The van der Waals surface area contributed by atoms with Gasteiger partial charge in [0.25, 0.3) is 0 Å². The summed E-state index contributed by atoms with van der Waals surface area (Å²) in [6.45, 7) is 3.67. The molecule has 1 saturated heterocycles. The zero-order chi connectivity index (χ0) is 23.9. The summed E-state index contributed by atoms with van der Waals surface area (Å²) >= 11 is 0. The summed E-state index contributed by atoms with van der Waals surface area (Å²) in [6, 6.07) is 12.3. The second-order valence-corrected chi connectivity index (χ2v) is 8.68. The molecular weight excluding hydrogens is 434 g/mol. The second-order valence-electron chi connectivity index (χ2n) is 8.68. The number of likely N-dealkylation sites (tertiary alicyclic amines) is 1. The summed E-state index contributed by atoms with van der Waals surface area (Å²) in [5.74, 6) is 2.32. The smallest absolute Gasteiger partial charge is 0.193 e. The van der Waals surface area contributed by atoms with Gasteiger partial charge < -0.3 is 28.6 Å². The summed E-state index contributed by atoms with van der Waals surface area (Å²) in [6.07, 6.45) is 4.82. The number of hydrogen-bond acceptors (Lipinski definition) is 7. The fourth-order valence-corrected chi connectivity index (χ4v) is 4.30. The van der Waals surface area contributed by atoms with Crippen molar-refractivity contribution in [1.82, 2.24) is 4.90 Å². The summed E-state index contributed by atoms with van der Waals surface area (Å²) in [5.41, 5.74) is 1.12. The monoisotopic (exact) mass is 467 g/mol. The molecule has 1 N–H and O–H groups in total. The van der Waals surface area contributed by atoms with Crippen LogP contribution in [0.3, 0.4) is 0 Å². The lowest BCUT2D eigenvalue weighted by atomic mass is 10.1. The standard InChI is InChI=1S/C27H33NO6/c1-31-25-8-6-19(16-27(25)32-2)26-18-23(30)22-17-21(7-9-24(22)34-26)33-15-5-3-4-12-28-13-10-20(29)11-14-28/h6-9,16-18,20,29H,3-5,10-15H2,1-2H3. The molecule has 0 saturated carbocycles. The van der Waals surface area contributed by atoms with Crippen LogP contribution in [0.4, 0.5) is 0 Å². The summed E-state index contributed by atoms with van der Waals surface area (Å²) in [4.78, 5) is 15.2. The van der Waals surface area contributed by atoms with Crippen LogP contribution in [0, 0.1) is 0 Å². The molecule has 1 aliphatic rings. The van der Waals surface area contributed by atoms with E-state index in [2.05, 4.69) is 4.90 Å². The maximum absolute atomic E-state index is 12.8. The SMILES string of the molecule is COc1ccc(-c2cc(=O)c3cc(OCCCCCN4CCC(O)CC4)ccc3o2)cc1OC. The van der Waals surface area contributed by atoms with E-state index in [1.54, 1.807) is 38.5 Å². The van der Waals surface area contributed by atoms with Gasteiger partial charge in [-0.2, -0.15) is 0 Å². The Morgan fingerprint density at radius 3 is 2.53 bits per heavy atom. The summed E-state index contributed by atoms with van der Waals surface area (Å²) < 4.78 is 22.5. The average Bonchev–Trinajstić information content (AvgIpc) is 2.86. The van der Waals surface area contributed by atoms with Gasteiger partial charge in [0.1, 0.15) is 17.1 Å². The first-order valence-electron chi connectivity index (χ1n) is 11.9. The number of aliphatic hydroxyl groups is 1. The van der Waals surface area contributed by atoms with Crippen molar-refractivity contribution in [2.24, 2.45) is 0 Å². The Morgan fingerprint density at radius 1 is 0.971 bits per heavy atom. The molecule has 3 aromatic rings. The first-order valence-corrected chi connectivity index (χ1v) is 11.9. The maximum atomic E-state index is 12.8. The first kappa shape index (κ1) is 24.1. The largest absolute Gasteiger partial charge is 0.494 e. The Balaban J connectivity index is 1.33. The molecule has 0 bridgehead atoms. The molecule has 1 fully saturated rings. The van der Waals surface area contributed by atoms with Gasteiger partial charge in [-0.1, -0.05) is 0 Å². The zero-order valence-electron chi connectivity index (χ0n) is 19.9. The van der Waals surface area contributed by atoms with E-state index >= 15 is 0 Å². The van der Waals surface area contributed by atoms with Crippen molar-refractivity contribution in [2.75, 3.05) is 40.5 Å². The van der Waals surface area contributed by atoms with E-state index in [1.807, 2.05) is 12.1 Å². The van der Waals surface area contributed by atoms with E-state index in [9.17, 15) is 9.90 Å². The van der Waals surface area contributed by atoms with Gasteiger partial charge in [-0.3, -0.25) is 4.79 Å². The first-order chi connectivity index (χ1) is 16.6. The Hall–Kier alpha value is -3.03. The van der Waals surface area contributed by atoms with Gasteiger partial charge in [0, 0.05) is 24.7 Å². The van der Waals surface area contributed by atoms with Crippen molar-refractivity contribution in [1.29, 1.82) is 0 Å². The third-order valence-corrected chi connectivity index (χ3v) is 6.31. The quantitative estimate of drug-likeness (QED) is 0.440. The molecule has 0 amide bonds. The Kier molecular flexibility index (Phi) is 8.08. The predicted octanol–water partition coefficient (Wildman–Crippen LogP) is 4.48. The van der Waals surface area contributed by atoms with Crippen LogP contribution in [0.15, 0.2) is 51.7 Å². The van der Waals surface area contributed by atoms with Crippen LogP contribution in [0.1, 0.15) is 32.1 Å². The topological polar surface area (TPSA) is 81.4 Å². The lowest BCUT2D eigenvalue weighted by Gasteiger charge is -2.29. The van der Waals surface area contributed by atoms with E-state index in [-0.39, 0.29) is 11.5 Å². The second kappa shape index (κ2) is 11.4. The average molecular weight is 468 g/mol. The van der Waals surface area contributed by atoms with Crippen molar-refractivity contribution in [3.63, 3.8) is 0 Å². The van der Waals surface area contributed by atoms with E-state index in [0.29, 0.717) is 40.6 Å². The van der Waals surface area contributed by atoms with Gasteiger partial charge >= 0.3 is 0 Å². The molecule has 34 heavy (non-hydrogen) atoms. The Morgan fingerprint density at radius 2 is 1.76 bits per heavy atom. The van der Waals surface area contributed by atoms with Gasteiger partial charge in [-0.25, -0.2) is 0 Å². The number of unbranched alkanes of at least 4 members (excludes halogenated alkanes) is 2. The number of aliphatic hydroxyl groups excluding tert-OH is 1. The van der Waals surface area contributed by atoms with Crippen LogP contribution in [0.5, 0.6) is 17.2 Å². The van der Waals surface area contributed by atoms with Gasteiger partial charge in [0.2, 0.25) is 0 Å². The zero-order valence-corrected chi connectivity index (χ0v) is 19.9. The van der Waals surface area contributed by atoms with Gasteiger partial charge in [-0.15, -0.1) is 0 Å². The number of ether oxygens (including phenoxy) is 3. The summed E-state index contributed by atoms with van der Waals surface area (Å²) in [5, 5.41) is 10.1. The molecule has 2 heterocycles. The summed E-state index contributed by atoms with van der Waals surface area (Å²) in [7, 11) is 3.15. The number of nitrogens with zero attached hydrogens (tertiary/aromatic N) is 1. The van der Waals surface area contributed by atoms with Crippen molar-refractivity contribution >= 4 is 11.0 Å². The minimum absolute atomic E-state index is 0.119. The van der Waals surface area contributed by atoms with Gasteiger partial charge in [0.15, 0.2) is 16.9 Å². The molecule has 7 nitrogen and oxygen atoms in total. The normalized spacial score (nSPS) is 14.9. The van der Waals surface area contributed by atoms with Crippen LogP contribution in [-0.4, -0.2) is 56.6 Å². The highest BCUT2D eigenvalue weighted by Gasteiger charge is 2.16. The van der Waals surface area contributed by atoms with Crippen LogP contribution in [0.25, 0.3) is 22.3 Å². The fourth-order valence-electron chi connectivity index (χ4n) is 4.30. The van der Waals surface area contributed by atoms with Crippen molar-refractivity contribution in [2.45, 2.75) is 38.2 Å². The molecule has 0 unspecified atom stereocenters. The van der Waals surface area contributed by atoms with E-state index in [0.717, 1.165) is 57.3 Å². The van der Waals surface area contributed by atoms with Crippen molar-refractivity contribution < 1.29 is 23.7 Å². The lowest BCUT2D eigenvalue weighted by Crippen LogP contribution is -2.36. The fraction of sp³-hybridized carbons (Fsp3) is 0.444. The molecule has 0 aliphatic carbocycles. The van der Waals surface area contributed by atoms with E-state index in [4.69, 9.17) is 18.6 Å². The molecule has 0 atom stereocenters. The minimum Gasteiger partial charge on any atom is -0.494 e. The molecule has 4 rings (SSSR count). The van der Waals surface area contributed by atoms with Gasteiger partial charge in [-0.05, 0) is 75.0 Å². The number of rotatable bonds is 10. The maximum Gasteiger partial charge on any atom is 0.193 e. The highest BCUT2D eigenvalue weighted by atomic mass is 16.5. The van der Waals surface area contributed by atoms with E-state index in [1.165, 1.54) is 6.07 Å². The molecule has 182 valence electrons. The molecule has 2 aromatic carbocycles. The van der Waals surface area contributed by atoms with Crippen LogP contribution >= 0.6 is 0 Å². The highest BCUT2D eigenvalue weighted by Crippen LogP contribution is 2.33. The van der Waals surface area contributed by atoms with Crippen LogP contribution in [-0.2, 0) is 0 Å². The highest BCUT2D eigenvalue weighted by molar-refractivity contribution is 5.80. The van der Waals surface area contributed by atoms with Crippen molar-refractivity contribution in [3.8, 4) is 28.6 Å². The van der Waals surface area contributed by atoms with E-state index < -0.39 is 0 Å². The number of methoxy groups -OCH3 is 2.